The smallest absolute Gasteiger partial charge is 0.339 e. The molecule has 2 N–H and O–H groups in total. The first kappa shape index (κ1) is 11.1. The lowest BCUT2D eigenvalue weighted by molar-refractivity contribution is 0.0697. The summed E-state index contributed by atoms with van der Waals surface area (Å²) < 4.78 is 0. The Morgan fingerprint density at radius 1 is 1.18 bits per heavy atom. The number of benzene rings is 1. The maximum atomic E-state index is 10.9. The lowest BCUT2D eigenvalue weighted by Gasteiger charge is -2.07. The van der Waals surface area contributed by atoms with E-state index in [4.69, 9.17) is 5.11 Å². The molecule has 0 atom stereocenters. The number of rotatable bonds is 3. The summed E-state index contributed by atoms with van der Waals surface area (Å²) >= 11 is 0. The van der Waals surface area contributed by atoms with E-state index >= 15 is 0 Å². The average Bonchev–Trinajstić information content (AvgIpc) is 2.39. The number of anilines is 1. The summed E-state index contributed by atoms with van der Waals surface area (Å²) in [4.78, 5) is 15.2. The molecule has 0 radical (unpaired) electrons. The van der Waals surface area contributed by atoms with Gasteiger partial charge in [-0.1, -0.05) is 30.3 Å². The van der Waals surface area contributed by atoms with Crippen molar-refractivity contribution in [3.8, 4) is 11.3 Å². The third kappa shape index (κ3) is 2.25. The van der Waals surface area contributed by atoms with Gasteiger partial charge >= 0.3 is 5.97 Å². The molecule has 1 aromatic heterocycles. The van der Waals surface area contributed by atoms with Crippen LogP contribution in [0.4, 0.5) is 5.82 Å². The Morgan fingerprint density at radius 2 is 1.88 bits per heavy atom. The molecule has 0 fully saturated rings. The van der Waals surface area contributed by atoms with Gasteiger partial charge in [-0.25, -0.2) is 9.78 Å². The van der Waals surface area contributed by atoms with Crippen molar-refractivity contribution in [1.29, 1.82) is 0 Å². The number of nitrogens with one attached hydrogen (secondary N) is 1. The van der Waals surface area contributed by atoms with Crippen LogP contribution in [0.3, 0.4) is 0 Å². The van der Waals surface area contributed by atoms with Crippen LogP contribution in [-0.4, -0.2) is 23.1 Å². The van der Waals surface area contributed by atoms with Crippen molar-refractivity contribution in [2.75, 3.05) is 12.4 Å². The van der Waals surface area contributed by atoms with Gasteiger partial charge in [0.1, 0.15) is 11.4 Å². The second kappa shape index (κ2) is 4.65. The molecule has 0 unspecified atom stereocenters. The van der Waals surface area contributed by atoms with Gasteiger partial charge < -0.3 is 10.4 Å². The largest absolute Gasteiger partial charge is 0.478 e. The molecule has 0 aliphatic heterocycles. The van der Waals surface area contributed by atoms with Gasteiger partial charge in [0, 0.05) is 12.6 Å². The van der Waals surface area contributed by atoms with E-state index in [2.05, 4.69) is 10.3 Å². The van der Waals surface area contributed by atoms with E-state index in [1.165, 1.54) is 0 Å². The number of pyridine rings is 1. The van der Waals surface area contributed by atoms with E-state index in [-0.39, 0.29) is 5.56 Å². The van der Waals surface area contributed by atoms with Gasteiger partial charge in [-0.3, -0.25) is 0 Å². The number of aromatic carboxylic acids is 1. The second-order valence-electron chi connectivity index (χ2n) is 3.51. The minimum Gasteiger partial charge on any atom is -0.478 e. The minimum atomic E-state index is -0.985. The third-order valence-electron chi connectivity index (χ3n) is 2.43. The predicted molar refractivity (Wildman–Crippen MR) is 66.2 cm³/mol. The molecule has 1 aromatic carbocycles. The van der Waals surface area contributed by atoms with Crippen molar-refractivity contribution < 1.29 is 9.90 Å². The zero-order chi connectivity index (χ0) is 12.3. The SMILES string of the molecule is CNc1nc(-c2ccccc2)ccc1C(=O)O. The van der Waals surface area contributed by atoms with Crippen LogP contribution in [0.1, 0.15) is 10.4 Å². The summed E-state index contributed by atoms with van der Waals surface area (Å²) in [7, 11) is 1.66. The van der Waals surface area contributed by atoms with Gasteiger partial charge in [0.2, 0.25) is 0 Å². The molecule has 0 saturated carbocycles. The highest BCUT2D eigenvalue weighted by Gasteiger charge is 2.11. The molecule has 0 spiro atoms. The molecule has 2 aromatic rings. The zero-order valence-corrected chi connectivity index (χ0v) is 9.34. The zero-order valence-electron chi connectivity index (χ0n) is 9.34. The Morgan fingerprint density at radius 3 is 2.47 bits per heavy atom. The van der Waals surface area contributed by atoms with Crippen LogP contribution in [0.5, 0.6) is 0 Å². The molecular weight excluding hydrogens is 216 g/mol. The molecule has 0 amide bonds. The highest BCUT2D eigenvalue weighted by atomic mass is 16.4. The van der Waals surface area contributed by atoms with Crippen molar-refractivity contribution in [3.63, 3.8) is 0 Å². The van der Waals surface area contributed by atoms with Crippen LogP contribution in [0.2, 0.25) is 0 Å². The molecule has 86 valence electrons. The highest BCUT2D eigenvalue weighted by Crippen LogP contribution is 2.21. The van der Waals surface area contributed by atoms with Gasteiger partial charge in [0.15, 0.2) is 0 Å². The summed E-state index contributed by atoms with van der Waals surface area (Å²) in [5.74, 6) is -0.611. The summed E-state index contributed by atoms with van der Waals surface area (Å²) in [5, 5.41) is 11.8. The molecule has 0 aliphatic rings. The maximum absolute atomic E-state index is 10.9. The van der Waals surface area contributed by atoms with Crippen LogP contribution >= 0.6 is 0 Å². The van der Waals surface area contributed by atoms with Gasteiger partial charge in [-0.15, -0.1) is 0 Å². The topological polar surface area (TPSA) is 62.2 Å². The van der Waals surface area contributed by atoms with Gasteiger partial charge in [-0.05, 0) is 12.1 Å². The van der Waals surface area contributed by atoms with Crippen molar-refractivity contribution in [1.82, 2.24) is 4.98 Å². The van der Waals surface area contributed by atoms with E-state index in [1.807, 2.05) is 30.3 Å². The van der Waals surface area contributed by atoms with Crippen LogP contribution in [-0.2, 0) is 0 Å². The number of carboxylic acids is 1. The molecule has 1 heterocycles. The number of nitrogens with zero attached hydrogens (tertiary/aromatic N) is 1. The lowest BCUT2D eigenvalue weighted by atomic mass is 10.1. The van der Waals surface area contributed by atoms with Crippen molar-refractivity contribution in [2.24, 2.45) is 0 Å². The van der Waals surface area contributed by atoms with Gasteiger partial charge in [0.25, 0.3) is 0 Å². The van der Waals surface area contributed by atoms with Crippen LogP contribution in [0, 0.1) is 0 Å². The molecule has 0 aliphatic carbocycles. The Balaban J connectivity index is 2.49. The Hall–Kier alpha value is -2.36. The number of carbonyl (C=O) groups is 1. The van der Waals surface area contributed by atoms with Gasteiger partial charge in [-0.2, -0.15) is 0 Å². The molecule has 4 heteroatoms. The van der Waals surface area contributed by atoms with E-state index < -0.39 is 5.97 Å². The Bertz CT molecular complexity index is 538. The maximum Gasteiger partial charge on any atom is 0.339 e. The standard InChI is InChI=1S/C13H12N2O2/c1-14-12-10(13(16)17)7-8-11(15-12)9-5-3-2-4-6-9/h2-8H,1H3,(H,14,15)(H,16,17). The molecule has 17 heavy (non-hydrogen) atoms. The molecule has 4 nitrogen and oxygen atoms in total. The molecular formula is C13H12N2O2. The van der Waals surface area contributed by atoms with Crippen molar-refractivity contribution >= 4 is 11.8 Å². The van der Waals surface area contributed by atoms with Crippen molar-refractivity contribution in [3.05, 3.63) is 48.0 Å². The van der Waals surface area contributed by atoms with E-state index in [0.717, 1.165) is 11.3 Å². The molecule has 0 saturated heterocycles. The Kier molecular flexibility index (Phi) is 3.05. The summed E-state index contributed by atoms with van der Waals surface area (Å²) in [6, 6.07) is 12.9. The van der Waals surface area contributed by atoms with E-state index in [9.17, 15) is 4.79 Å². The highest BCUT2D eigenvalue weighted by molar-refractivity contribution is 5.93. The number of hydrogen-bond acceptors (Lipinski definition) is 3. The minimum absolute atomic E-state index is 0.173. The predicted octanol–water partition coefficient (Wildman–Crippen LogP) is 2.49. The van der Waals surface area contributed by atoms with Crippen LogP contribution in [0.15, 0.2) is 42.5 Å². The van der Waals surface area contributed by atoms with Crippen LogP contribution in [0.25, 0.3) is 11.3 Å². The second-order valence-corrected chi connectivity index (χ2v) is 3.51. The normalized spacial score (nSPS) is 9.94. The first-order valence-corrected chi connectivity index (χ1v) is 5.20. The summed E-state index contributed by atoms with van der Waals surface area (Å²) in [5.41, 5.74) is 1.88. The number of aromatic nitrogens is 1. The molecule has 0 bridgehead atoms. The average molecular weight is 228 g/mol. The quantitative estimate of drug-likeness (QED) is 0.847. The lowest BCUT2D eigenvalue weighted by Crippen LogP contribution is -2.05. The van der Waals surface area contributed by atoms with Crippen molar-refractivity contribution in [2.45, 2.75) is 0 Å². The summed E-state index contributed by atoms with van der Waals surface area (Å²) in [6.07, 6.45) is 0. The fourth-order valence-electron chi connectivity index (χ4n) is 1.59. The van der Waals surface area contributed by atoms with E-state index in [1.54, 1.807) is 19.2 Å². The first-order valence-electron chi connectivity index (χ1n) is 5.20. The Labute approximate surface area is 98.9 Å². The molecule has 2 rings (SSSR count). The third-order valence-corrected chi connectivity index (χ3v) is 2.43. The van der Waals surface area contributed by atoms with E-state index in [0.29, 0.717) is 5.82 Å². The van der Waals surface area contributed by atoms with Crippen LogP contribution < -0.4 is 5.32 Å². The van der Waals surface area contributed by atoms with Gasteiger partial charge in [0.05, 0.1) is 5.69 Å². The summed E-state index contributed by atoms with van der Waals surface area (Å²) in [6.45, 7) is 0. The number of carboxylic acid groups (broad SMARTS) is 1. The first-order chi connectivity index (χ1) is 8.22. The fourth-order valence-corrected chi connectivity index (χ4v) is 1.59. The number of hydrogen-bond donors (Lipinski definition) is 2. The monoisotopic (exact) mass is 228 g/mol. The fraction of sp³-hybridized carbons (Fsp3) is 0.0769.